The van der Waals surface area contributed by atoms with Crippen molar-refractivity contribution in [3.63, 3.8) is 0 Å². The highest BCUT2D eigenvalue weighted by Gasteiger charge is 2.12. The van der Waals surface area contributed by atoms with Gasteiger partial charge in [-0.2, -0.15) is 5.10 Å². The summed E-state index contributed by atoms with van der Waals surface area (Å²) in [4.78, 5) is 22.5. The molecule has 0 spiro atoms. The van der Waals surface area contributed by atoms with Crippen molar-refractivity contribution in [1.82, 2.24) is 9.78 Å². The summed E-state index contributed by atoms with van der Waals surface area (Å²) in [6, 6.07) is 13.3. The summed E-state index contributed by atoms with van der Waals surface area (Å²) in [5.74, 6) is 0.277. The molecular weight excluding hydrogens is 348 g/mol. The number of carbonyl (C=O) groups excluding carboxylic acids is 1. The number of anilines is 1. The van der Waals surface area contributed by atoms with Gasteiger partial charge in [-0.15, -0.1) is 0 Å². The van der Waals surface area contributed by atoms with Gasteiger partial charge < -0.3 is 10.1 Å². The Morgan fingerprint density at radius 2 is 2.04 bits per heavy atom. The molecule has 2 aromatic carbocycles. The van der Waals surface area contributed by atoms with E-state index < -0.39 is 10.8 Å². The number of amides is 1. The van der Waals surface area contributed by atoms with Gasteiger partial charge in [0.2, 0.25) is 0 Å². The second-order valence-corrected chi connectivity index (χ2v) is 5.80. The summed E-state index contributed by atoms with van der Waals surface area (Å²) in [6.07, 6.45) is 4.07. The molecule has 0 fully saturated rings. The lowest BCUT2D eigenvalue weighted by atomic mass is 10.2. The van der Waals surface area contributed by atoms with E-state index in [4.69, 9.17) is 4.74 Å². The Morgan fingerprint density at radius 3 is 2.74 bits per heavy atom. The van der Waals surface area contributed by atoms with E-state index in [1.807, 2.05) is 24.3 Å². The van der Waals surface area contributed by atoms with Crippen molar-refractivity contribution in [3.8, 4) is 5.75 Å². The Bertz CT molecular complexity index is 950. The second kappa shape index (κ2) is 8.13. The highest BCUT2D eigenvalue weighted by molar-refractivity contribution is 6.04. The Balaban J connectivity index is 1.59. The van der Waals surface area contributed by atoms with Crippen molar-refractivity contribution < 1.29 is 14.5 Å². The third-order valence-corrected chi connectivity index (χ3v) is 3.91. The van der Waals surface area contributed by atoms with Crippen LogP contribution in [0.3, 0.4) is 0 Å². The van der Waals surface area contributed by atoms with Crippen LogP contribution in [0.15, 0.2) is 60.9 Å². The number of nitro benzene ring substituents is 1. The van der Waals surface area contributed by atoms with E-state index in [-0.39, 0.29) is 18.0 Å². The molecule has 1 N–H and O–H groups in total. The zero-order valence-electron chi connectivity index (χ0n) is 14.7. The SMILES string of the molecule is CCc1ccc(OCn2cc(NC(=O)c3cccc([N+](=O)[O-])c3)cn2)cc1. The smallest absolute Gasteiger partial charge is 0.270 e. The summed E-state index contributed by atoms with van der Waals surface area (Å²) in [6.45, 7) is 2.28. The lowest BCUT2D eigenvalue weighted by molar-refractivity contribution is -0.384. The van der Waals surface area contributed by atoms with E-state index in [1.54, 1.807) is 6.20 Å². The van der Waals surface area contributed by atoms with Crippen LogP contribution in [-0.2, 0) is 13.2 Å². The molecule has 8 heteroatoms. The number of aromatic nitrogens is 2. The van der Waals surface area contributed by atoms with Crippen molar-refractivity contribution >= 4 is 17.3 Å². The van der Waals surface area contributed by atoms with Crippen molar-refractivity contribution in [2.45, 2.75) is 20.1 Å². The van der Waals surface area contributed by atoms with Crippen LogP contribution in [0, 0.1) is 10.1 Å². The Labute approximate surface area is 155 Å². The quantitative estimate of drug-likeness (QED) is 0.508. The standard InChI is InChI=1S/C19H18N4O4/c1-2-14-6-8-18(9-7-14)27-13-22-12-16(11-20-22)21-19(24)15-4-3-5-17(10-15)23(25)26/h3-12H,2,13H2,1H3,(H,21,24). The number of hydrogen-bond acceptors (Lipinski definition) is 5. The number of ether oxygens (including phenoxy) is 1. The zero-order chi connectivity index (χ0) is 19.2. The molecule has 8 nitrogen and oxygen atoms in total. The highest BCUT2D eigenvalue weighted by atomic mass is 16.6. The molecule has 1 aromatic heterocycles. The first kappa shape index (κ1) is 18.1. The summed E-state index contributed by atoms with van der Waals surface area (Å²) in [7, 11) is 0. The van der Waals surface area contributed by atoms with Crippen LogP contribution in [0.5, 0.6) is 5.75 Å². The number of carbonyl (C=O) groups is 1. The molecule has 138 valence electrons. The predicted molar refractivity (Wildman–Crippen MR) is 99.7 cm³/mol. The van der Waals surface area contributed by atoms with Gasteiger partial charge in [-0.3, -0.25) is 14.9 Å². The predicted octanol–water partition coefficient (Wildman–Crippen LogP) is 3.64. The Morgan fingerprint density at radius 1 is 1.26 bits per heavy atom. The van der Waals surface area contributed by atoms with Gasteiger partial charge >= 0.3 is 0 Å². The minimum atomic E-state index is -0.542. The number of non-ortho nitro benzene ring substituents is 1. The van der Waals surface area contributed by atoms with Crippen molar-refractivity contribution in [2.75, 3.05) is 5.32 Å². The third kappa shape index (κ3) is 4.69. The molecule has 0 aliphatic rings. The molecule has 0 aliphatic carbocycles. The van der Waals surface area contributed by atoms with Gasteiger partial charge in [-0.1, -0.05) is 25.1 Å². The molecule has 3 rings (SSSR count). The maximum atomic E-state index is 12.2. The monoisotopic (exact) mass is 366 g/mol. The fourth-order valence-corrected chi connectivity index (χ4v) is 2.42. The van der Waals surface area contributed by atoms with Crippen molar-refractivity contribution in [3.05, 3.63) is 82.2 Å². The molecule has 0 radical (unpaired) electrons. The number of nitrogens with one attached hydrogen (secondary N) is 1. The van der Waals surface area contributed by atoms with Crippen molar-refractivity contribution in [1.29, 1.82) is 0 Å². The lowest BCUT2D eigenvalue weighted by Crippen LogP contribution is -2.11. The maximum Gasteiger partial charge on any atom is 0.270 e. The molecule has 0 unspecified atom stereocenters. The van der Waals surface area contributed by atoms with Gasteiger partial charge in [0.15, 0.2) is 6.73 Å². The maximum absolute atomic E-state index is 12.2. The largest absolute Gasteiger partial charge is 0.471 e. The molecule has 0 atom stereocenters. The summed E-state index contributed by atoms with van der Waals surface area (Å²) in [5.41, 5.74) is 1.76. The molecule has 0 saturated carbocycles. The summed E-state index contributed by atoms with van der Waals surface area (Å²) >= 11 is 0. The zero-order valence-corrected chi connectivity index (χ0v) is 14.7. The first-order valence-electron chi connectivity index (χ1n) is 8.35. The summed E-state index contributed by atoms with van der Waals surface area (Å²) < 4.78 is 7.19. The first-order chi connectivity index (χ1) is 13.0. The van der Waals surface area contributed by atoms with E-state index in [9.17, 15) is 14.9 Å². The molecule has 0 saturated heterocycles. The van der Waals surface area contributed by atoms with E-state index in [0.29, 0.717) is 5.69 Å². The Kier molecular flexibility index (Phi) is 5.46. The normalized spacial score (nSPS) is 10.4. The Hall–Kier alpha value is -3.68. The third-order valence-electron chi connectivity index (χ3n) is 3.91. The van der Waals surface area contributed by atoms with Crippen LogP contribution in [0.4, 0.5) is 11.4 Å². The topological polar surface area (TPSA) is 99.3 Å². The van der Waals surface area contributed by atoms with Crippen LogP contribution in [-0.4, -0.2) is 20.6 Å². The van der Waals surface area contributed by atoms with Gasteiger partial charge in [-0.25, -0.2) is 4.68 Å². The van der Waals surface area contributed by atoms with Gasteiger partial charge in [0.1, 0.15) is 5.75 Å². The molecule has 27 heavy (non-hydrogen) atoms. The van der Waals surface area contributed by atoms with E-state index in [1.165, 1.54) is 40.7 Å². The number of hydrogen-bond donors (Lipinski definition) is 1. The number of rotatable bonds is 7. The molecule has 0 aliphatic heterocycles. The minimum absolute atomic E-state index is 0.138. The van der Waals surface area contributed by atoms with Crippen LogP contribution in [0.25, 0.3) is 0 Å². The fourth-order valence-electron chi connectivity index (χ4n) is 2.42. The molecule has 1 heterocycles. The summed E-state index contributed by atoms with van der Waals surface area (Å²) in [5, 5.41) is 17.6. The highest BCUT2D eigenvalue weighted by Crippen LogP contribution is 2.16. The van der Waals surface area contributed by atoms with E-state index in [0.717, 1.165) is 12.2 Å². The van der Waals surface area contributed by atoms with Gasteiger partial charge in [0.05, 0.1) is 23.0 Å². The molecule has 1 amide bonds. The van der Waals surface area contributed by atoms with Crippen LogP contribution in [0.2, 0.25) is 0 Å². The average Bonchev–Trinajstić information content (AvgIpc) is 3.14. The van der Waals surface area contributed by atoms with Gasteiger partial charge in [0.25, 0.3) is 11.6 Å². The second-order valence-electron chi connectivity index (χ2n) is 5.80. The van der Waals surface area contributed by atoms with Crippen LogP contribution < -0.4 is 10.1 Å². The van der Waals surface area contributed by atoms with E-state index in [2.05, 4.69) is 17.3 Å². The molecular formula is C19H18N4O4. The first-order valence-corrected chi connectivity index (χ1v) is 8.35. The lowest BCUT2D eigenvalue weighted by Gasteiger charge is -2.06. The average molecular weight is 366 g/mol. The number of nitro groups is 1. The van der Waals surface area contributed by atoms with E-state index >= 15 is 0 Å². The van der Waals surface area contributed by atoms with Crippen LogP contribution >= 0.6 is 0 Å². The van der Waals surface area contributed by atoms with Crippen molar-refractivity contribution in [2.24, 2.45) is 0 Å². The number of nitrogens with zero attached hydrogens (tertiary/aromatic N) is 3. The fraction of sp³-hybridized carbons (Fsp3) is 0.158. The van der Waals surface area contributed by atoms with Gasteiger partial charge in [0, 0.05) is 17.7 Å². The van der Waals surface area contributed by atoms with Gasteiger partial charge in [-0.05, 0) is 30.2 Å². The number of aryl methyl sites for hydroxylation is 1. The molecule has 0 bridgehead atoms. The minimum Gasteiger partial charge on any atom is -0.471 e. The van der Waals surface area contributed by atoms with Crippen LogP contribution in [0.1, 0.15) is 22.8 Å². The molecule has 3 aromatic rings. The number of benzene rings is 2.